The largest absolute Gasteiger partial charge is 0.494 e. The molecule has 0 aliphatic carbocycles. The van der Waals surface area contributed by atoms with E-state index < -0.39 is 11.1 Å². The fourth-order valence-corrected chi connectivity index (χ4v) is 4.50. The van der Waals surface area contributed by atoms with E-state index in [1.54, 1.807) is 46.7 Å². The minimum absolute atomic E-state index is 0.0928. The minimum atomic E-state index is -0.489. The van der Waals surface area contributed by atoms with E-state index >= 15 is 0 Å². The fraction of sp³-hybridized carbons (Fsp3) is 0.227. The lowest BCUT2D eigenvalue weighted by Gasteiger charge is -2.21. The van der Waals surface area contributed by atoms with E-state index in [0.29, 0.717) is 44.2 Å². The molecule has 17 heteroatoms. The third kappa shape index (κ3) is 6.55. The maximum atomic E-state index is 13.1. The smallest absolute Gasteiger partial charge is 0.272 e. The number of anilines is 4. The Morgan fingerprint density at radius 1 is 1.08 bits per heavy atom. The van der Waals surface area contributed by atoms with E-state index in [1.165, 1.54) is 21.0 Å². The van der Waals surface area contributed by atoms with Crippen LogP contribution in [-0.4, -0.2) is 96.9 Å². The van der Waals surface area contributed by atoms with Crippen LogP contribution in [0, 0.1) is 0 Å². The second kappa shape index (κ2) is 11.1. The SMILES string of the molecule is BC(B)(B)NC(=O)c1nnc(Nc2cnn(C)n2)cc1Nc1cccc(-c2ncc(C(=O)N(C)C)s2)c1OC. The molecule has 0 saturated heterocycles. The van der Waals surface area contributed by atoms with Crippen LogP contribution in [0.4, 0.5) is 23.0 Å². The molecule has 39 heavy (non-hydrogen) atoms. The van der Waals surface area contributed by atoms with Crippen molar-refractivity contribution in [3.8, 4) is 16.3 Å². The molecule has 1 aromatic carbocycles. The van der Waals surface area contributed by atoms with Gasteiger partial charge in [-0.1, -0.05) is 6.07 Å². The molecule has 0 spiro atoms. The number of aryl methyl sites for hydroxylation is 1. The Bertz CT molecular complexity index is 1520. The molecule has 0 aliphatic heterocycles. The van der Waals surface area contributed by atoms with E-state index in [4.69, 9.17) is 4.74 Å². The van der Waals surface area contributed by atoms with Gasteiger partial charge in [0.25, 0.3) is 11.8 Å². The number of thiazole rings is 1. The van der Waals surface area contributed by atoms with Crippen LogP contribution >= 0.6 is 11.3 Å². The molecule has 3 aromatic heterocycles. The highest BCUT2D eigenvalue weighted by Crippen LogP contribution is 2.40. The molecule has 3 N–H and O–H groups in total. The molecule has 4 rings (SSSR count). The Hall–Kier alpha value is -4.40. The highest BCUT2D eigenvalue weighted by Gasteiger charge is 2.23. The number of rotatable bonds is 9. The zero-order valence-corrected chi connectivity index (χ0v) is 23.5. The summed E-state index contributed by atoms with van der Waals surface area (Å²) in [5.74, 6) is 0.777. The monoisotopic (exact) mass is 544 g/mol. The zero-order valence-electron chi connectivity index (χ0n) is 22.7. The molecule has 0 aliphatic rings. The van der Waals surface area contributed by atoms with Gasteiger partial charge in [0, 0.05) is 27.2 Å². The first-order valence-electron chi connectivity index (χ1n) is 11.9. The average Bonchev–Trinajstić information content (AvgIpc) is 3.51. The maximum Gasteiger partial charge on any atom is 0.272 e. The number of ether oxygens (including phenoxy) is 1. The summed E-state index contributed by atoms with van der Waals surface area (Å²) >= 11 is 1.27. The standard InChI is InChI=1S/C22H27B3N10O3S/c1-34(2)21(37)14-9-26-20(39-14)11-6-5-7-12(18(11)38-4)28-13-8-15(29-16-10-27-35(3)33-16)31-32-17(13)19(36)30-22(23,24)25/h5-10H,23-25H2,1-4H3,(H,30,36)(H2,28,29,31,33). The molecule has 198 valence electrons. The molecular formula is C22H27B3N10O3S. The van der Waals surface area contributed by atoms with Crippen molar-refractivity contribution in [2.24, 2.45) is 7.05 Å². The van der Waals surface area contributed by atoms with Crippen molar-refractivity contribution >= 4 is 69.7 Å². The van der Waals surface area contributed by atoms with Crippen LogP contribution in [0.3, 0.4) is 0 Å². The Labute approximate surface area is 232 Å². The minimum Gasteiger partial charge on any atom is -0.494 e. The molecule has 0 fully saturated rings. The molecule has 0 atom stereocenters. The first kappa shape index (κ1) is 27.6. The molecule has 0 radical (unpaired) electrons. The first-order valence-corrected chi connectivity index (χ1v) is 12.7. The van der Waals surface area contributed by atoms with Crippen molar-refractivity contribution in [1.82, 2.24) is 40.4 Å². The van der Waals surface area contributed by atoms with E-state index in [1.807, 2.05) is 41.7 Å². The van der Waals surface area contributed by atoms with Gasteiger partial charge in [0.05, 0.1) is 36.4 Å². The van der Waals surface area contributed by atoms with Gasteiger partial charge in [-0.3, -0.25) is 9.59 Å². The lowest BCUT2D eigenvalue weighted by Crippen LogP contribution is -2.50. The molecule has 3 heterocycles. The van der Waals surface area contributed by atoms with Crippen LogP contribution < -0.4 is 20.7 Å². The summed E-state index contributed by atoms with van der Waals surface area (Å²) in [4.78, 5) is 33.4. The Balaban J connectivity index is 1.73. The van der Waals surface area contributed by atoms with Gasteiger partial charge in [0.2, 0.25) is 0 Å². The lowest BCUT2D eigenvalue weighted by atomic mass is 9.49. The summed E-state index contributed by atoms with van der Waals surface area (Å²) in [6.45, 7) is 0. The van der Waals surface area contributed by atoms with Crippen LogP contribution in [-0.2, 0) is 7.05 Å². The number of carbonyl (C=O) groups excluding carboxylic acids is 2. The van der Waals surface area contributed by atoms with Gasteiger partial charge in [-0.15, -0.1) is 26.6 Å². The predicted octanol–water partition coefficient (Wildman–Crippen LogP) is -0.833. The van der Waals surface area contributed by atoms with E-state index in [0.717, 1.165) is 0 Å². The Kier molecular flexibility index (Phi) is 7.90. The Morgan fingerprint density at radius 2 is 1.85 bits per heavy atom. The summed E-state index contributed by atoms with van der Waals surface area (Å²) in [6.07, 6.45) is 3.10. The van der Waals surface area contributed by atoms with Crippen LogP contribution in [0.5, 0.6) is 5.75 Å². The average molecular weight is 544 g/mol. The summed E-state index contributed by atoms with van der Waals surface area (Å²) in [7, 11) is 12.3. The van der Waals surface area contributed by atoms with Crippen molar-refractivity contribution in [2.45, 2.75) is 5.24 Å². The van der Waals surface area contributed by atoms with E-state index in [-0.39, 0.29) is 11.6 Å². The molecule has 0 saturated carbocycles. The molecule has 13 nitrogen and oxygen atoms in total. The number of benzene rings is 1. The van der Waals surface area contributed by atoms with Crippen molar-refractivity contribution in [3.05, 3.63) is 47.2 Å². The summed E-state index contributed by atoms with van der Waals surface area (Å²) in [6, 6.07) is 7.15. The third-order valence-corrected chi connectivity index (χ3v) is 6.21. The Morgan fingerprint density at radius 3 is 2.49 bits per heavy atom. The second-order valence-electron chi connectivity index (χ2n) is 9.78. The summed E-state index contributed by atoms with van der Waals surface area (Å²) in [5, 5.41) is 26.0. The summed E-state index contributed by atoms with van der Waals surface area (Å²) in [5.41, 5.74) is 1.73. The van der Waals surface area contributed by atoms with Gasteiger partial charge < -0.3 is 25.6 Å². The number of amides is 2. The van der Waals surface area contributed by atoms with Crippen molar-refractivity contribution in [1.29, 1.82) is 0 Å². The van der Waals surface area contributed by atoms with Gasteiger partial charge in [0.1, 0.15) is 33.4 Å². The van der Waals surface area contributed by atoms with Gasteiger partial charge in [-0.2, -0.15) is 9.90 Å². The highest BCUT2D eigenvalue weighted by atomic mass is 32.1. The van der Waals surface area contributed by atoms with Crippen LogP contribution in [0.1, 0.15) is 20.2 Å². The van der Waals surface area contributed by atoms with Crippen molar-refractivity contribution < 1.29 is 14.3 Å². The molecule has 2 amide bonds. The maximum absolute atomic E-state index is 13.1. The van der Waals surface area contributed by atoms with Gasteiger partial charge in [-0.25, -0.2) is 4.98 Å². The third-order valence-electron chi connectivity index (χ3n) is 5.19. The molecule has 4 aromatic rings. The number of carbonyl (C=O) groups is 2. The van der Waals surface area contributed by atoms with Gasteiger partial charge in [0.15, 0.2) is 23.1 Å². The molecular weight excluding hydrogens is 517 g/mol. The predicted molar refractivity (Wildman–Crippen MR) is 158 cm³/mol. The number of para-hydroxylation sites is 1. The number of nitrogens with zero attached hydrogens (tertiary/aromatic N) is 7. The normalized spacial score (nSPS) is 11.1. The number of nitrogens with one attached hydrogen (secondary N) is 3. The van der Waals surface area contributed by atoms with Crippen LogP contribution in [0.15, 0.2) is 36.7 Å². The number of hydrogen-bond acceptors (Lipinski definition) is 11. The van der Waals surface area contributed by atoms with Gasteiger partial charge >= 0.3 is 0 Å². The zero-order chi connectivity index (χ0) is 28.3. The number of methoxy groups -OCH3 is 1. The van der Waals surface area contributed by atoms with Gasteiger partial charge in [-0.05, 0) is 17.4 Å². The molecule has 0 unspecified atom stereocenters. The quantitative estimate of drug-likeness (QED) is 0.228. The molecule has 0 bridgehead atoms. The van der Waals surface area contributed by atoms with Crippen molar-refractivity contribution in [3.63, 3.8) is 0 Å². The topological polar surface area (TPSA) is 152 Å². The number of hydrogen-bond donors (Lipinski definition) is 3. The lowest BCUT2D eigenvalue weighted by molar-refractivity contribution is 0.0831. The van der Waals surface area contributed by atoms with E-state index in [9.17, 15) is 9.59 Å². The second-order valence-corrected chi connectivity index (χ2v) is 10.8. The van der Waals surface area contributed by atoms with Crippen molar-refractivity contribution in [2.75, 3.05) is 31.8 Å². The van der Waals surface area contributed by atoms with E-state index in [2.05, 4.69) is 41.3 Å². The van der Waals surface area contributed by atoms with Crippen LogP contribution in [0.2, 0.25) is 0 Å². The fourth-order valence-electron chi connectivity index (χ4n) is 3.54. The first-order chi connectivity index (χ1) is 18.4. The summed E-state index contributed by atoms with van der Waals surface area (Å²) < 4.78 is 5.77. The highest BCUT2D eigenvalue weighted by molar-refractivity contribution is 7.17. The number of aromatic nitrogens is 6. The van der Waals surface area contributed by atoms with Crippen LogP contribution in [0.25, 0.3) is 10.6 Å².